The average molecular weight is 263 g/mol. The number of hydrogen-bond donors (Lipinski definition) is 1. The smallest absolute Gasteiger partial charge is 0.123 e. The van der Waals surface area contributed by atoms with Crippen LogP contribution in [0.2, 0.25) is 0 Å². The summed E-state index contributed by atoms with van der Waals surface area (Å²) >= 11 is 0. The number of nitrogens with zero attached hydrogens (tertiary/aromatic N) is 2. The Morgan fingerprint density at radius 3 is 1.80 bits per heavy atom. The van der Waals surface area contributed by atoms with Crippen LogP contribution in [0.3, 0.4) is 0 Å². The molecule has 0 aliphatic rings. The maximum atomic E-state index is 6.12. The molecule has 0 spiro atoms. The third-order valence-corrected chi connectivity index (χ3v) is 3.36. The number of anilines is 1. The van der Waals surface area contributed by atoms with Crippen LogP contribution in [0.1, 0.15) is 22.9 Å². The van der Waals surface area contributed by atoms with E-state index in [9.17, 15) is 0 Å². The lowest BCUT2D eigenvalue weighted by Crippen LogP contribution is -2.16. The first kappa shape index (κ1) is 12.5. The Kier molecular flexibility index (Phi) is 3.25. The fourth-order valence-electron chi connectivity index (χ4n) is 2.49. The standard InChI is InChI=1S/C17H17N3/c1-13-12-16(18)20(19-13)17(14-8-4-2-5-9-14)15-10-6-3-7-11-15/h2-12,17H,18H2,1H3. The molecule has 20 heavy (non-hydrogen) atoms. The van der Waals surface area contributed by atoms with Gasteiger partial charge in [-0.1, -0.05) is 60.7 Å². The zero-order valence-electron chi connectivity index (χ0n) is 11.4. The topological polar surface area (TPSA) is 43.8 Å². The number of benzene rings is 2. The van der Waals surface area contributed by atoms with E-state index in [0.29, 0.717) is 5.82 Å². The van der Waals surface area contributed by atoms with Gasteiger partial charge >= 0.3 is 0 Å². The molecule has 2 aromatic carbocycles. The monoisotopic (exact) mass is 263 g/mol. The summed E-state index contributed by atoms with van der Waals surface area (Å²) in [6.07, 6.45) is 0. The molecule has 100 valence electrons. The molecule has 2 N–H and O–H groups in total. The van der Waals surface area contributed by atoms with Crippen LogP contribution in [0.5, 0.6) is 0 Å². The van der Waals surface area contributed by atoms with Crippen molar-refractivity contribution in [2.75, 3.05) is 5.73 Å². The Balaban J connectivity index is 2.16. The highest BCUT2D eigenvalue weighted by Gasteiger charge is 2.19. The summed E-state index contributed by atoms with van der Waals surface area (Å²) in [5.41, 5.74) is 9.40. The molecule has 0 radical (unpaired) electrons. The van der Waals surface area contributed by atoms with Gasteiger partial charge in [0.05, 0.1) is 5.69 Å². The van der Waals surface area contributed by atoms with E-state index in [1.165, 1.54) is 11.1 Å². The summed E-state index contributed by atoms with van der Waals surface area (Å²) in [5, 5.41) is 4.55. The van der Waals surface area contributed by atoms with Gasteiger partial charge in [0.1, 0.15) is 11.9 Å². The van der Waals surface area contributed by atoms with Gasteiger partial charge in [0.2, 0.25) is 0 Å². The molecule has 3 nitrogen and oxygen atoms in total. The van der Waals surface area contributed by atoms with Gasteiger partial charge in [-0.25, -0.2) is 4.68 Å². The maximum absolute atomic E-state index is 6.12. The normalized spacial score (nSPS) is 10.9. The maximum Gasteiger partial charge on any atom is 0.123 e. The molecule has 3 heteroatoms. The molecule has 0 aliphatic carbocycles. The molecule has 0 aliphatic heterocycles. The number of hydrogen-bond acceptors (Lipinski definition) is 2. The molecule has 0 saturated carbocycles. The van der Waals surface area contributed by atoms with Crippen LogP contribution >= 0.6 is 0 Å². The van der Waals surface area contributed by atoms with E-state index < -0.39 is 0 Å². The van der Waals surface area contributed by atoms with Gasteiger partial charge < -0.3 is 5.73 Å². The van der Waals surface area contributed by atoms with Crippen molar-refractivity contribution in [1.82, 2.24) is 9.78 Å². The summed E-state index contributed by atoms with van der Waals surface area (Å²) in [6.45, 7) is 1.96. The molecule has 3 aromatic rings. The van der Waals surface area contributed by atoms with Gasteiger partial charge in [-0.15, -0.1) is 0 Å². The molecule has 0 saturated heterocycles. The van der Waals surface area contributed by atoms with Crippen molar-refractivity contribution in [1.29, 1.82) is 0 Å². The van der Waals surface area contributed by atoms with E-state index in [0.717, 1.165) is 5.69 Å². The fourth-order valence-corrected chi connectivity index (χ4v) is 2.49. The molecule has 0 fully saturated rings. The van der Waals surface area contributed by atoms with Gasteiger partial charge in [-0.3, -0.25) is 0 Å². The third-order valence-electron chi connectivity index (χ3n) is 3.36. The van der Waals surface area contributed by atoms with E-state index in [1.807, 2.05) is 54.1 Å². The van der Waals surface area contributed by atoms with Crippen molar-refractivity contribution >= 4 is 5.82 Å². The second-order valence-electron chi connectivity index (χ2n) is 4.88. The molecule has 1 aromatic heterocycles. The van der Waals surface area contributed by atoms with Crippen LogP contribution in [0.25, 0.3) is 0 Å². The number of nitrogen functional groups attached to an aromatic ring is 1. The molecule has 0 unspecified atom stereocenters. The first-order valence-electron chi connectivity index (χ1n) is 6.67. The van der Waals surface area contributed by atoms with Crippen LogP contribution in [-0.4, -0.2) is 9.78 Å². The Hall–Kier alpha value is -2.55. The highest BCUT2D eigenvalue weighted by atomic mass is 15.3. The van der Waals surface area contributed by atoms with Crippen LogP contribution in [0.4, 0.5) is 5.82 Å². The van der Waals surface area contributed by atoms with Gasteiger partial charge in [0.25, 0.3) is 0 Å². The molecule has 1 heterocycles. The molecular weight excluding hydrogens is 246 g/mol. The van der Waals surface area contributed by atoms with Crippen LogP contribution in [-0.2, 0) is 0 Å². The van der Waals surface area contributed by atoms with Crippen molar-refractivity contribution in [2.24, 2.45) is 0 Å². The Morgan fingerprint density at radius 2 is 1.40 bits per heavy atom. The van der Waals surface area contributed by atoms with Gasteiger partial charge in [-0.05, 0) is 18.1 Å². The van der Waals surface area contributed by atoms with Crippen molar-refractivity contribution in [3.8, 4) is 0 Å². The van der Waals surface area contributed by atoms with E-state index in [-0.39, 0.29) is 6.04 Å². The second kappa shape index (κ2) is 5.21. The second-order valence-corrected chi connectivity index (χ2v) is 4.88. The minimum atomic E-state index is 0.00565. The first-order chi connectivity index (χ1) is 9.75. The molecular formula is C17H17N3. The third kappa shape index (κ3) is 2.30. The Labute approximate surface area is 118 Å². The first-order valence-corrected chi connectivity index (χ1v) is 6.67. The zero-order valence-corrected chi connectivity index (χ0v) is 11.4. The predicted octanol–water partition coefficient (Wildman–Crippen LogP) is 3.41. The largest absolute Gasteiger partial charge is 0.384 e. The van der Waals surface area contributed by atoms with Crippen LogP contribution in [0.15, 0.2) is 66.7 Å². The Bertz CT molecular complexity index is 647. The summed E-state index contributed by atoms with van der Waals surface area (Å²) in [4.78, 5) is 0. The van der Waals surface area contributed by atoms with E-state index in [2.05, 4.69) is 29.4 Å². The number of nitrogens with two attached hydrogens (primary N) is 1. The minimum Gasteiger partial charge on any atom is -0.384 e. The molecule has 0 amide bonds. The van der Waals surface area contributed by atoms with Crippen LogP contribution < -0.4 is 5.73 Å². The number of aromatic nitrogens is 2. The van der Waals surface area contributed by atoms with Gasteiger partial charge in [0, 0.05) is 6.07 Å². The summed E-state index contributed by atoms with van der Waals surface area (Å²) in [6, 6.07) is 22.5. The average Bonchev–Trinajstić information content (AvgIpc) is 2.80. The lowest BCUT2D eigenvalue weighted by Gasteiger charge is -2.20. The van der Waals surface area contributed by atoms with Crippen LogP contribution in [0, 0.1) is 6.92 Å². The fraction of sp³-hybridized carbons (Fsp3) is 0.118. The minimum absolute atomic E-state index is 0.00565. The molecule has 3 rings (SSSR count). The van der Waals surface area contributed by atoms with Crippen molar-refractivity contribution in [3.05, 3.63) is 83.6 Å². The zero-order chi connectivity index (χ0) is 13.9. The van der Waals surface area contributed by atoms with Crippen molar-refractivity contribution in [3.63, 3.8) is 0 Å². The molecule has 0 bridgehead atoms. The SMILES string of the molecule is Cc1cc(N)n(C(c2ccccc2)c2ccccc2)n1. The lowest BCUT2D eigenvalue weighted by molar-refractivity contribution is 0.600. The highest BCUT2D eigenvalue weighted by molar-refractivity contribution is 5.39. The van der Waals surface area contributed by atoms with E-state index >= 15 is 0 Å². The highest BCUT2D eigenvalue weighted by Crippen LogP contribution is 2.28. The quantitative estimate of drug-likeness (QED) is 0.787. The van der Waals surface area contributed by atoms with E-state index in [4.69, 9.17) is 5.73 Å². The van der Waals surface area contributed by atoms with Gasteiger partial charge in [0.15, 0.2) is 0 Å². The number of rotatable bonds is 3. The summed E-state index contributed by atoms with van der Waals surface area (Å²) in [7, 11) is 0. The summed E-state index contributed by atoms with van der Waals surface area (Å²) in [5.74, 6) is 0.681. The predicted molar refractivity (Wildman–Crippen MR) is 81.5 cm³/mol. The molecule has 0 atom stereocenters. The van der Waals surface area contributed by atoms with Crippen molar-refractivity contribution in [2.45, 2.75) is 13.0 Å². The Morgan fingerprint density at radius 1 is 0.900 bits per heavy atom. The number of aryl methyl sites for hydroxylation is 1. The lowest BCUT2D eigenvalue weighted by atomic mass is 9.99. The van der Waals surface area contributed by atoms with Crippen molar-refractivity contribution < 1.29 is 0 Å². The van der Waals surface area contributed by atoms with E-state index in [1.54, 1.807) is 0 Å². The summed E-state index contributed by atoms with van der Waals surface area (Å²) < 4.78 is 1.89. The van der Waals surface area contributed by atoms with Gasteiger partial charge in [-0.2, -0.15) is 5.10 Å².